The number of fused-ring (bicyclic) bond motifs is 8. The second-order valence-corrected chi connectivity index (χ2v) is 12.7. The Bertz CT molecular complexity index is 2450. The molecule has 0 aliphatic heterocycles. The molecule has 0 N–H and O–H groups in total. The van der Waals surface area contributed by atoms with E-state index in [9.17, 15) is 0 Å². The molecule has 0 unspecified atom stereocenters. The van der Waals surface area contributed by atoms with Gasteiger partial charge in [0.15, 0.2) is 0 Å². The van der Waals surface area contributed by atoms with Crippen LogP contribution in [0.3, 0.4) is 0 Å². The summed E-state index contributed by atoms with van der Waals surface area (Å²) >= 11 is 0. The summed E-state index contributed by atoms with van der Waals surface area (Å²) in [6.07, 6.45) is 2.10. The van der Waals surface area contributed by atoms with Crippen LogP contribution >= 0.6 is 0 Å². The lowest BCUT2D eigenvalue weighted by atomic mass is 9.74. The molecule has 0 bridgehead atoms. The third-order valence-corrected chi connectivity index (χ3v) is 10.6. The average Bonchev–Trinajstić information content (AvgIpc) is 3.66. The fraction of sp³-hybridized carbons (Fsp3) is 0.111. The Labute approximate surface area is 275 Å². The molecule has 2 heteroatoms. The summed E-state index contributed by atoms with van der Waals surface area (Å²) in [7, 11) is 0. The summed E-state index contributed by atoms with van der Waals surface area (Å²) in [5, 5.41) is 4.56. The van der Waals surface area contributed by atoms with Gasteiger partial charge in [-0.3, -0.25) is 0 Å². The Morgan fingerprint density at radius 3 is 1.98 bits per heavy atom. The fourth-order valence-corrected chi connectivity index (χ4v) is 8.25. The topological polar surface area (TPSA) is 16.4 Å². The minimum Gasteiger partial charge on any atom is -0.455 e. The standard InChI is InChI=1S/C45H35NO/c1-3-45(4-2)39-21-11-8-18-33(39)34-26-25-31(29-40(34)45)46(41-22-12-9-17-32(41)30-15-6-5-7-16-30)42-23-14-20-37-35(42)27-28-38-36-19-10-13-24-43(36)47-44(37)38/h5-29H,3-4H2,1-2H3. The van der Waals surface area contributed by atoms with Crippen LogP contribution in [0.15, 0.2) is 156 Å². The molecule has 47 heavy (non-hydrogen) atoms. The Morgan fingerprint density at radius 1 is 0.489 bits per heavy atom. The summed E-state index contributed by atoms with van der Waals surface area (Å²) in [6, 6.07) is 55.2. The van der Waals surface area contributed by atoms with Gasteiger partial charge < -0.3 is 9.32 Å². The van der Waals surface area contributed by atoms with Gasteiger partial charge in [0.05, 0.1) is 11.4 Å². The monoisotopic (exact) mass is 605 g/mol. The Hall–Kier alpha value is -5.60. The van der Waals surface area contributed by atoms with E-state index in [0.29, 0.717) is 0 Å². The fourth-order valence-electron chi connectivity index (χ4n) is 8.25. The second kappa shape index (κ2) is 10.7. The minimum atomic E-state index is -0.0221. The molecule has 0 saturated carbocycles. The first-order valence-corrected chi connectivity index (χ1v) is 16.7. The number of hydrogen-bond donors (Lipinski definition) is 0. The van der Waals surface area contributed by atoms with Gasteiger partial charge in [-0.05, 0) is 77.1 Å². The van der Waals surface area contributed by atoms with Crippen LogP contribution in [0, 0.1) is 0 Å². The SMILES string of the molecule is CCC1(CC)c2ccccc2-c2ccc(N(c3ccccc3-c3ccccc3)c3cccc4c3ccc3c5ccccc5oc43)cc21. The lowest BCUT2D eigenvalue weighted by Crippen LogP contribution is -2.23. The van der Waals surface area contributed by atoms with Crippen LogP contribution < -0.4 is 4.90 Å². The summed E-state index contributed by atoms with van der Waals surface area (Å²) in [5.74, 6) is 0. The highest BCUT2D eigenvalue weighted by molar-refractivity contribution is 6.18. The molecular weight excluding hydrogens is 571 g/mol. The van der Waals surface area contributed by atoms with Crippen LogP contribution in [0.25, 0.3) is 55.0 Å². The largest absolute Gasteiger partial charge is 0.455 e. The molecule has 7 aromatic carbocycles. The molecule has 8 aromatic rings. The van der Waals surface area contributed by atoms with Crippen molar-refractivity contribution in [2.45, 2.75) is 32.1 Å². The number of nitrogens with zero attached hydrogens (tertiary/aromatic N) is 1. The maximum Gasteiger partial charge on any atom is 0.143 e. The minimum absolute atomic E-state index is 0.0221. The van der Waals surface area contributed by atoms with Gasteiger partial charge in [-0.25, -0.2) is 0 Å². The van der Waals surface area contributed by atoms with E-state index >= 15 is 0 Å². The van der Waals surface area contributed by atoms with E-state index in [1.54, 1.807) is 0 Å². The molecule has 0 saturated heterocycles. The van der Waals surface area contributed by atoms with Gasteiger partial charge in [-0.2, -0.15) is 0 Å². The maximum atomic E-state index is 6.54. The van der Waals surface area contributed by atoms with Crippen molar-refractivity contribution in [3.63, 3.8) is 0 Å². The van der Waals surface area contributed by atoms with Crippen molar-refractivity contribution in [3.05, 3.63) is 163 Å². The van der Waals surface area contributed by atoms with E-state index in [2.05, 4.69) is 164 Å². The molecular formula is C45H35NO. The van der Waals surface area contributed by atoms with Crippen LogP contribution in [0.2, 0.25) is 0 Å². The molecule has 0 fully saturated rings. The van der Waals surface area contributed by atoms with E-state index in [1.165, 1.54) is 33.4 Å². The predicted octanol–water partition coefficient (Wildman–Crippen LogP) is 13.0. The summed E-state index contributed by atoms with van der Waals surface area (Å²) in [4.78, 5) is 2.47. The number of anilines is 3. The molecule has 2 nitrogen and oxygen atoms in total. The molecule has 0 atom stereocenters. The van der Waals surface area contributed by atoms with E-state index < -0.39 is 0 Å². The maximum absolute atomic E-state index is 6.54. The van der Waals surface area contributed by atoms with Gasteiger partial charge in [-0.1, -0.05) is 129 Å². The van der Waals surface area contributed by atoms with Crippen molar-refractivity contribution in [1.82, 2.24) is 0 Å². The summed E-state index contributed by atoms with van der Waals surface area (Å²) in [6.45, 7) is 4.68. The summed E-state index contributed by atoms with van der Waals surface area (Å²) in [5.41, 5.74) is 13.2. The predicted molar refractivity (Wildman–Crippen MR) is 198 cm³/mol. The number of benzene rings is 7. The third kappa shape index (κ3) is 4.04. The van der Waals surface area contributed by atoms with Gasteiger partial charge >= 0.3 is 0 Å². The van der Waals surface area contributed by atoms with Crippen LogP contribution in [-0.4, -0.2) is 0 Å². The first-order chi connectivity index (χ1) is 23.2. The second-order valence-electron chi connectivity index (χ2n) is 12.7. The number of hydrogen-bond acceptors (Lipinski definition) is 2. The van der Waals surface area contributed by atoms with Crippen LogP contribution in [-0.2, 0) is 5.41 Å². The van der Waals surface area contributed by atoms with Gasteiger partial charge in [0.2, 0.25) is 0 Å². The molecule has 1 aliphatic carbocycles. The highest BCUT2D eigenvalue weighted by atomic mass is 16.3. The van der Waals surface area contributed by atoms with Crippen LogP contribution in [0.1, 0.15) is 37.8 Å². The zero-order chi connectivity index (χ0) is 31.5. The number of rotatable bonds is 6. The number of para-hydroxylation sites is 2. The molecule has 0 amide bonds. The summed E-state index contributed by atoms with van der Waals surface area (Å²) < 4.78 is 6.54. The molecule has 1 aliphatic rings. The van der Waals surface area contributed by atoms with Gasteiger partial charge in [0.1, 0.15) is 11.2 Å². The van der Waals surface area contributed by atoms with E-state index in [0.717, 1.165) is 62.6 Å². The molecule has 9 rings (SSSR count). The van der Waals surface area contributed by atoms with Crippen molar-refractivity contribution in [1.29, 1.82) is 0 Å². The molecule has 0 radical (unpaired) electrons. The molecule has 0 spiro atoms. The zero-order valence-electron chi connectivity index (χ0n) is 26.7. The highest BCUT2D eigenvalue weighted by Crippen LogP contribution is 2.55. The van der Waals surface area contributed by atoms with Gasteiger partial charge in [-0.15, -0.1) is 0 Å². The van der Waals surface area contributed by atoms with E-state index in [-0.39, 0.29) is 5.41 Å². The molecule has 1 heterocycles. The van der Waals surface area contributed by atoms with Gasteiger partial charge in [0, 0.05) is 38.2 Å². The normalized spacial score (nSPS) is 13.2. The Morgan fingerprint density at radius 2 is 1.13 bits per heavy atom. The first kappa shape index (κ1) is 27.7. The Kier molecular flexibility index (Phi) is 6.33. The van der Waals surface area contributed by atoms with E-state index in [1.807, 2.05) is 6.07 Å². The molecule has 226 valence electrons. The van der Waals surface area contributed by atoms with Crippen molar-refractivity contribution in [2.24, 2.45) is 0 Å². The highest BCUT2D eigenvalue weighted by Gasteiger charge is 2.40. The van der Waals surface area contributed by atoms with Crippen molar-refractivity contribution >= 4 is 49.8 Å². The Balaban J connectivity index is 1.34. The van der Waals surface area contributed by atoms with E-state index in [4.69, 9.17) is 4.42 Å². The van der Waals surface area contributed by atoms with Crippen molar-refractivity contribution in [2.75, 3.05) is 4.90 Å². The smallest absolute Gasteiger partial charge is 0.143 e. The van der Waals surface area contributed by atoms with Crippen molar-refractivity contribution in [3.8, 4) is 22.3 Å². The first-order valence-electron chi connectivity index (χ1n) is 16.7. The number of furan rings is 1. The van der Waals surface area contributed by atoms with Crippen LogP contribution in [0.4, 0.5) is 17.1 Å². The lowest BCUT2D eigenvalue weighted by Gasteiger charge is -2.32. The lowest BCUT2D eigenvalue weighted by molar-refractivity contribution is 0.490. The average molecular weight is 606 g/mol. The molecule has 1 aromatic heterocycles. The quantitative estimate of drug-likeness (QED) is 0.187. The third-order valence-electron chi connectivity index (χ3n) is 10.6. The van der Waals surface area contributed by atoms with Crippen molar-refractivity contribution < 1.29 is 4.42 Å². The van der Waals surface area contributed by atoms with Gasteiger partial charge in [0.25, 0.3) is 0 Å². The zero-order valence-corrected chi connectivity index (χ0v) is 26.7. The van der Waals surface area contributed by atoms with Crippen LogP contribution in [0.5, 0.6) is 0 Å².